The second-order valence-electron chi connectivity index (χ2n) is 8.36. The van der Waals surface area contributed by atoms with Crippen molar-refractivity contribution in [2.24, 2.45) is 5.92 Å². The number of halogens is 5. The fraction of sp³-hybridized carbons (Fsp3) is 0.478. The summed E-state index contributed by atoms with van der Waals surface area (Å²) in [4.78, 5) is 18.0. The smallest absolute Gasteiger partial charge is 0.416 e. The molecule has 0 saturated carbocycles. The lowest BCUT2D eigenvalue weighted by atomic mass is 10.0. The number of hydrogen-bond donors (Lipinski definition) is 0. The number of rotatable bonds is 6. The fourth-order valence-electron chi connectivity index (χ4n) is 3.32. The molecule has 1 amide bonds. The first kappa shape index (κ1) is 23.9. The zero-order valence-corrected chi connectivity index (χ0v) is 17.9. The van der Waals surface area contributed by atoms with Crippen molar-refractivity contribution in [3.63, 3.8) is 0 Å². The molecule has 0 radical (unpaired) electrons. The number of amides is 1. The summed E-state index contributed by atoms with van der Waals surface area (Å²) in [6.07, 6.45) is -3.40. The number of benzene rings is 1. The molecule has 2 aromatic rings. The van der Waals surface area contributed by atoms with E-state index < -0.39 is 36.4 Å². The van der Waals surface area contributed by atoms with Gasteiger partial charge >= 0.3 is 6.18 Å². The maximum atomic E-state index is 13.4. The Morgan fingerprint density at radius 1 is 1.16 bits per heavy atom. The lowest BCUT2D eigenvalue weighted by Gasteiger charge is -2.31. The first-order valence-electron chi connectivity index (χ1n) is 10.4. The van der Waals surface area contributed by atoms with Crippen LogP contribution in [0.15, 0.2) is 36.5 Å². The molecule has 1 aromatic carbocycles. The van der Waals surface area contributed by atoms with Gasteiger partial charge in [-0.25, -0.2) is 8.78 Å². The maximum absolute atomic E-state index is 13.4. The molecule has 2 heterocycles. The van der Waals surface area contributed by atoms with Crippen LogP contribution < -0.4 is 4.74 Å². The van der Waals surface area contributed by atoms with Gasteiger partial charge in [0, 0.05) is 37.7 Å². The van der Waals surface area contributed by atoms with Crippen LogP contribution in [-0.2, 0) is 6.18 Å². The van der Waals surface area contributed by atoms with Gasteiger partial charge in [-0.1, -0.05) is 13.8 Å². The molecule has 174 valence electrons. The third kappa shape index (κ3) is 6.17. The number of aromatic nitrogens is 1. The molecule has 9 heteroatoms. The summed E-state index contributed by atoms with van der Waals surface area (Å²) < 4.78 is 72.2. The van der Waals surface area contributed by atoms with Crippen LogP contribution in [0.3, 0.4) is 0 Å². The number of carbonyl (C=O) groups is 1. The molecule has 0 atom stereocenters. The molecule has 32 heavy (non-hydrogen) atoms. The van der Waals surface area contributed by atoms with Crippen LogP contribution >= 0.6 is 0 Å². The minimum absolute atomic E-state index is 0.0573. The zero-order chi connectivity index (χ0) is 23.5. The molecule has 1 aliphatic heterocycles. The summed E-state index contributed by atoms with van der Waals surface area (Å²) >= 11 is 0. The Morgan fingerprint density at radius 2 is 1.84 bits per heavy atom. The van der Waals surface area contributed by atoms with Crippen molar-refractivity contribution in [2.45, 2.75) is 45.2 Å². The van der Waals surface area contributed by atoms with E-state index in [1.54, 1.807) is 0 Å². The van der Waals surface area contributed by atoms with Crippen molar-refractivity contribution in [3.8, 4) is 17.0 Å². The summed E-state index contributed by atoms with van der Waals surface area (Å²) in [6, 6.07) is 6.29. The van der Waals surface area contributed by atoms with E-state index in [2.05, 4.69) is 4.98 Å². The standard InChI is InChI=1S/C23H25F5N2O2/c1-15(2)5-10-32-19-12-17(11-18(13-19)23(26,27)28)20-4-3-16(14-29-20)21(31)30-8-6-22(24,25)7-9-30/h3-4,11-15H,5-10H2,1-2H3. The molecular weight excluding hydrogens is 431 g/mol. The molecular formula is C23H25F5N2O2. The number of hydrogen-bond acceptors (Lipinski definition) is 3. The van der Waals surface area contributed by atoms with Gasteiger partial charge in [0.25, 0.3) is 11.8 Å². The summed E-state index contributed by atoms with van der Waals surface area (Å²) in [5.74, 6) is -2.76. The summed E-state index contributed by atoms with van der Waals surface area (Å²) in [6.45, 7) is 4.15. The van der Waals surface area contributed by atoms with E-state index in [4.69, 9.17) is 4.74 Å². The Balaban J connectivity index is 1.80. The molecule has 1 aliphatic rings. The Hall–Kier alpha value is -2.71. The summed E-state index contributed by atoms with van der Waals surface area (Å²) in [5.41, 5.74) is -0.215. The minimum atomic E-state index is -4.56. The van der Waals surface area contributed by atoms with E-state index in [0.29, 0.717) is 12.3 Å². The SMILES string of the molecule is CC(C)CCOc1cc(-c2ccc(C(=O)N3CCC(F)(F)CC3)cn2)cc(C(F)(F)F)c1. The van der Waals surface area contributed by atoms with Gasteiger partial charge in [0.15, 0.2) is 0 Å². The van der Waals surface area contributed by atoms with Gasteiger partial charge < -0.3 is 9.64 Å². The highest BCUT2D eigenvalue weighted by Crippen LogP contribution is 2.35. The topological polar surface area (TPSA) is 42.4 Å². The fourth-order valence-corrected chi connectivity index (χ4v) is 3.32. The van der Waals surface area contributed by atoms with Crippen LogP contribution in [0.4, 0.5) is 22.0 Å². The van der Waals surface area contributed by atoms with Crippen molar-refractivity contribution in [1.29, 1.82) is 0 Å². The predicted molar refractivity (Wildman–Crippen MR) is 110 cm³/mol. The minimum Gasteiger partial charge on any atom is -0.494 e. The lowest BCUT2D eigenvalue weighted by Crippen LogP contribution is -2.42. The number of piperidine rings is 1. The average Bonchev–Trinajstić information content (AvgIpc) is 2.72. The maximum Gasteiger partial charge on any atom is 0.416 e. The Labute approximate surface area is 183 Å². The highest BCUT2D eigenvalue weighted by molar-refractivity contribution is 5.94. The van der Waals surface area contributed by atoms with Gasteiger partial charge in [-0.05, 0) is 42.7 Å². The van der Waals surface area contributed by atoms with E-state index >= 15 is 0 Å². The molecule has 0 bridgehead atoms. The first-order valence-corrected chi connectivity index (χ1v) is 10.4. The van der Waals surface area contributed by atoms with Gasteiger partial charge in [-0.15, -0.1) is 0 Å². The average molecular weight is 456 g/mol. The third-order valence-corrected chi connectivity index (χ3v) is 5.29. The molecule has 0 spiro atoms. The van der Waals surface area contributed by atoms with Crippen molar-refractivity contribution in [2.75, 3.05) is 19.7 Å². The van der Waals surface area contributed by atoms with Crippen LogP contribution in [0.2, 0.25) is 0 Å². The zero-order valence-electron chi connectivity index (χ0n) is 17.9. The van der Waals surface area contributed by atoms with Crippen molar-refractivity contribution in [1.82, 2.24) is 9.88 Å². The molecule has 1 saturated heterocycles. The number of alkyl halides is 5. The predicted octanol–water partition coefficient (Wildman–Crippen LogP) is 6.06. The monoisotopic (exact) mass is 456 g/mol. The highest BCUT2D eigenvalue weighted by atomic mass is 19.4. The van der Waals surface area contributed by atoms with Gasteiger partial charge in [0.2, 0.25) is 0 Å². The van der Waals surface area contributed by atoms with Gasteiger partial charge in [0.1, 0.15) is 5.75 Å². The largest absolute Gasteiger partial charge is 0.494 e. The summed E-state index contributed by atoms with van der Waals surface area (Å²) in [5, 5.41) is 0. The molecule has 1 aromatic heterocycles. The molecule has 0 N–H and O–H groups in total. The van der Waals surface area contributed by atoms with E-state index in [1.165, 1.54) is 29.3 Å². The van der Waals surface area contributed by atoms with Crippen LogP contribution in [0.5, 0.6) is 5.75 Å². The van der Waals surface area contributed by atoms with Crippen molar-refractivity contribution < 1.29 is 31.5 Å². The van der Waals surface area contributed by atoms with Gasteiger partial charge in [-0.2, -0.15) is 13.2 Å². The van der Waals surface area contributed by atoms with Crippen molar-refractivity contribution >= 4 is 5.91 Å². The van der Waals surface area contributed by atoms with E-state index in [0.717, 1.165) is 12.1 Å². The number of nitrogens with zero attached hydrogens (tertiary/aromatic N) is 2. The highest BCUT2D eigenvalue weighted by Gasteiger charge is 2.36. The second-order valence-corrected chi connectivity index (χ2v) is 8.36. The van der Waals surface area contributed by atoms with Crippen LogP contribution in [-0.4, -0.2) is 41.4 Å². The number of ether oxygens (including phenoxy) is 1. The van der Waals surface area contributed by atoms with E-state index in [9.17, 15) is 26.7 Å². The Bertz CT molecular complexity index is 932. The van der Waals surface area contributed by atoms with Crippen LogP contribution in [0.25, 0.3) is 11.3 Å². The lowest BCUT2D eigenvalue weighted by molar-refractivity contribution is -0.137. The Kier molecular flexibility index (Phi) is 7.05. The van der Waals surface area contributed by atoms with Crippen LogP contribution in [0, 0.1) is 5.92 Å². The van der Waals surface area contributed by atoms with Gasteiger partial charge in [0.05, 0.1) is 23.4 Å². The first-order chi connectivity index (χ1) is 14.9. The van der Waals surface area contributed by atoms with E-state index in [-0.39, 0.29) is 42.3 Å². The molecule has 1 fully saturated rings. The second kappa shape index (κ2) is 9.42. The summed E-state index contributed by atoms with van der Waals surface area (Å²) in [7, 11) is 0. The number of pyridine rings is 1. The number of carbonyl (C=O) groups excluding carboxylic acids is 1. The Morgan fingerprint density at radius 3 is 2.41 bits per heavy atom. The number of likely N-dealkylation sites (tertiary alicyclic amines) is 1. The third-order valence-electron chi connectivity index (χ3n) is 5.29. The van der Waals surface area contributed by atoms with E-state index in [1.807, 2.05) is 13.8 Å². The quantitative estimate of drug-likeness (QED) is 0.496. The van der Waals surface area contributed by atoms with Gasteiger partial charge in [-0.3, -0.25) is 9.78 Å². The molecule has 4 nitrogen and oxygen atoms in total. The molecule has 0 aliphatic carbocycles. The van der Waals surface area contributed by atoms with Crippen molar-refractivity contribution in [3.05, 3.63) is 47.7 Å². The normalized spacial score (nSPS) is 16.3. The van der Waals surface area contributed by atoms with Crippen LogP contribution in [0.1, 0.15) is 49.0 Å². The molecule has 3 rings (SSSR count). The molecule has 0 unspecified atom stereocenters.